The largest absolute Gasteiger partial charge is 0.355 e. The molecule has 0 aromatic heterocycles. The molecule has 2 rings (SSSR count). The van der Waals surface area contributed by atoms with Crippen molar-refractivity contribution in [2.24, 2.45) is 0 Å². The molecule has 0 unspecified atom stereocenters. The number of benzene rings is 1. The number of amides is 3. The van der Waals surface area contributed by atoms with Crippen molar-refractivity contribution in [1.29, 1.82) is 0 Å². The van der Waals surface area contributed by atoms with Crippen molar-refractivity contribution in [2.45, 2.75) is 13.8 Å². The minimum absolute atomic E-state index is 0.214. The fraction of sp³-hybridized carbons (Fsp3) is 0.214. The van der Waals surface area contributed by atoms with Gasteiger partial charge in [0.25, 0.3) is 17.7 Å². The summed E-state index contributed by atoms with van der Waals surface area (Å²) in [6.45, 7) is 4.00. The van der Waals surface area contributed by atoms with Gasteiger partial charge in [0.15, 0.2) is 0 Å². The zero-order valence-corrected chi connectivity index (χ0v) is 11.1. The van der Waals surface area contributed by atoms with Crippen molar-refractivity contribution in [1.82, 2.24) is 5.32 Å². The lowest BCUT2D eigenvalue weighted by molar-refractivity contribution is -0.119. The third-order valence-corrected chi connectivity index (χ3v) is 2.42. The minimum Gasteiger partial charge on any atom is -0.355 e. The maximum Gasteiger partial charge on any atom is 0.258 e. The number of carbonyl (C=O) groups excluding carboxylic acids is 3. The Bertz CT molecular complexity index is 500. The number of hydrogen-bond acceptors (Lipinski definition) is 3. The highest BCUT2D eigenvalue weighted by Crippen LogP contribution is 2.19. The molecule has 19 heavy (non-hydrogen) atoms. The molecule has 1 N–H and O–H groups in total. The van der Waals surface area contributed by atoms with Gasteiger partial charge in [-0.25, -0.2) is 4.90 Å². The second-order valence-corrected chi connectivity index (χ2v) is 3.47. The van der Waals surface area contributed by atoms with E-state index in [1.54, 1.807) is 24.3 Å². The summed E-state index contributed by atoms with van der Waals surface area (Å²) in [6.07, 6.45) is 2.43. The standard InChI is InChI=1S/C12H10N2O3.C2H6/c1-13-12(17)8-2-4-9(5-3-8)14-10(15)6-7-11(14)16;1-2/h2-7H,1H3,(H,13,17);1-2H3. The van der Waals surface area contributed by atoms with Crippen LogP contribution in [0.2, 0.25) is 0 Å². The lowest BCUT2D eigenvalue weighted by Gasteiger charge is -2.13. The second kappa shape index (κ2) is 6.49. The summed E-state index contributed by atoms with van der Waals surface area (Å²) in [5, 5.41) is 2.49. The molecular formula is C14H16N2O3. The molecular weight excluding hydrogens is 244 g/mol. The van der Waals surface area contributed by atoms with Crippen molar-refractivity contribution in [3.8, 4) is 0 Å². The second-order valence-electron chi connectivity index (χ2n) is 3.47. The quantitative estimate of drug-likeness (QED) is 0.819. The normalized spacial score (nSPS) is 13.1. The zero-order valence-electron chi connectivity index (χ0n) is 11.1. The average Bonchev–Trinajstić information content (AvgIpc) is 2.80. The third kappa shape index (κ3) is 3.07. The maximum atomic E-state index is 11.4. The van der Waals surface area contributed by atoms with Gasteiger partial charge in [-0.2, -0.15) is 0 Å². The summed E-state index contributed by atoms with van der Waals surface area (Å²) in [6, 6.07) is 6.25. The number of hydrogen-bond donors (Lipinski definition) is 1. The van der Waals surface area contributed by atoms with Crippen LogP contribution in [0.3, 0.4) is 0 Å². The van der Waals surface area contributed by atoms with Crippen molar-refractivity contribution in [2.75, 3.05) is 11.9 Å². The van der Waals surface area contributed by atoms with Gasteiger partial charge in [0, 0.05) is 24.8 Å². The fourth-order valence-electron chi connectivity index (χ4n) is 1.56. The molecule has 3 amide bonds. The molecule has 0 atom stereocenters. The highest BCUT2D eigenvalue weighted by atomic mass is 16.2. The zero-order chi connectivity index (χ0) is 14.4. The number of rotatable bonds is 2. The van der Waals surface area contributed by atoms with Crippen LogP contribution in [-0.2, 0) is 9.59 Å². The van der Waals surface area contributed by atoms with Crippen LogP contribution in [-0.4, -0.2) is 24.8 Å². The molecule has 1 aliphatic heterocycles. The van der Waals surface area contributed by atoms with Gasteiger partial charge in [-0.05, 0) is 24.3 Å². The summed E-state index contributed by atoms with van der Waals surface area (Å²) in [7, 11) is 1.54. The molecule has 1 aromatic rings. The van der Waals surface area contributed by atoms with Crippen molar-refractivity contribution >= 4 is 23.4 Å². The van der Waals surface area contributed by atoms with E-state index in [4.69, 9.17) is 0 Å². The highest BCUT2D eigenvalue weighted by molar-refractivity contribution is 6.28. The summed E-state index contributed by atoms with van der Waals surface area (Å²) >= 11 is 0. The average molecular weight is 260 g/mol. The first-order valence-corrected chi connectivity index (χ1v) is 6.02. The van der Waals surface area contributed by atoms with Crippen molar-refractivity contribution < 1.29 is 14.4 Å². The molecule has 0 bridgehead atoms. The minimum atomic E-state index is -0.373. The van der Waals surface area contributed by atoms with Crippen LogP contribution in [0.4, 0.5) is 5.69 Å². The van der Waals surface area contributed by atoms with Gasteiger partial charge >= 0.3 is 0 Å². The van der Waals surface area contributed by atoms with Crippen LogP contribution < -0.4 is 10.2 Å². The topological polar surface area (TPSA) is 66.5 Å². The van der Waals surface area contributed by atoms with E-state index in [9.17, 15) is 14.4 Å². The van der Waals surface area contributed by atoms with Gasteiger partial charge in [0.1, 0.15) is 0 Å². The van der Waals surface area contributed by atoms with Gasteiger partial charge in [-0.15, -0.1) is 0 Å². The number of anilines is 1. The Morgan fingerprint density at radius 3 is 1.89 bits per heavy atom. The Morgan fingerprint density at radius 1 is 1.00 bits per heavy atom. The molecule has 0 saturated heterocycles. The predicted octanol–water partition coefficient (Wildman–Crippen LogP) is 1.50. The molecule has 0 aliphatic carbocycles. The van der Waals surface area contributed by atoms with Gasteiger partial charge in [0.2, 0.25) is 0 Å². The molecule has 5 heteroatoms. The first kappa shape index (κ1) is 14.6. The Labute approximate surface area is 111 Å². The molecule has 0 radical (unpaired) electrons. The molecule has 5 nitrogen and oxygen atoms in total. The van der Waals surface area contributed by atoms with Crippen LogP contribution in [0.25, 0.3) is 0 Å². The summed E-state index contributed by atoms with van der Waals surface area (Å²) in [5.41, 5.74) is 0.931. The van der Waals surface area contributed by atoms with Crippen LogP contribution >= 0.6 is 0 Å². The Kier molecular flexibility index (Phi) is 5.00. The number of nitrogens with zero attached hydrogens (tertiary/aromatic N) is 1. The summed E-state index contributed by atoms with van der Waals surface area (Å²) < 4.78 is 0. The number of nitrogens with one attached hydrogen (secondary N) is 1. The molecule has 0 saturated carbocycles. The lowest BCUT2D eigenvalue weighted by atomic mass is 10.2. The molecule has 0 fully saturated rings. The van der Waals surface area contributed by atoms with E-state index in [-0.39, 0.29) is 17.7 Å². The van der Waals surface area contributed by atoms with Gasteiger partial charge in [-0.3, -0.25) is 14.4 Å². The Morgan fingerprint density at radius 2 is 1.47 bits per heavy atom. The molecule has 100 valence electrons. The highest BCUT2D eigenvalue weighted by Gasteiger charge is 2.24. The van der Waals surface area contributed by atoms with E-state index in [0.29, 0.717) is 11.3 Å². The van der Waals surface area contributed by atoms with Crippen LogP contribution in [0, 0.1) is 0 Å². The van der Waals surface area contributed by atoms with E-state index < -0.39 is 0 Å². The number of imide groups is 1. The van der Waals surface area contributed by atoms with Crippen LogP contribution in [0.5, 0.6) is 0 Å². The monoisotopic (exact) mass is 260 g/mol. The van der Waals surface area contributed by atoms with Gasteiger partial charge < -0.3 is 5.32 Å². The molecule has 1 aliphatic rings. The fourth-order valence-corrected chi connectivity index (χ4v) is 1.56. The Balaban J connectivity index is 0.000000861. The lowest BCUT2D eigenvalue weighted by Crippen LogP contribution is -2.29. The van der Waals surface area contributed by atoms with Crippen LogP contribution in [0.15, 0.2) is 36.4 Å². The first-order chi connectivity index (χ1) is 9.13. The van der Waals surface area contributed by atoms with Crippen molar-refractivity contribution in [3.05, 3.63) is 42.0 Å². The molecule has 1 aromatic carbocycles. The maximum absolute atomic E-state index is 11.4. The summed E-state index contributed by atoms with van der Waals surface area (Å²) in [5.74, 6) is -0.959. The van der Waals surface area contributed by atoms with Gasteiger partial charge in [-0.1, -0.05) is 13.8 Å². The van der Waals surface area contributed by atoms with E-state index in [2.05, 4.69) is 5.32 Å². The van der Waals surface area contributed by atoms with E-state index in [1.807, 2.05) is 13.8 Å². The van der Waals surface area contributed by atoms with E-state index in [0.717, 1.165) is 4.90 Å². The molecule has 0 spiro atoms. The predicted molar refractivity (Wildman–Crippen MR) is 72.8 cm³/mol. The first-order valence-electron chi connectivity index (χ1n) is 6.02. The SMILES string of the molecule is CC.CNC(=O)c1ccc(N2C(=O)C=CC2=O)cc1. The smallest absolute Gasteiger partial charge is 0.258 e. The molecule has 1 heterocycles. The summed E-state index contributed by atoms with van der Waals surface area (Å²) in [4.78, 5) is 35.2. The van der Waals surface area contributed by atoms with E-state index >= 15 is 0 Å². The Hall–Kier alpha value is -2.43. The van der Waals surface area contributed by atoms with Crippen molar-refractivity contribution in [3.63, 3.8) is 0 Å². The van der Waals surface area contributed by atoms with E-state index in [1.165, 1.54) is 19.2 Å². The third-order valence-electron chi connectivity index (χ3n) is 2.42. The van der Waals surface area contributed by atoms with Gasteiger partial charge in [0.05, 0.1) is 5.69 Å². The van der Waals surface area contributed by atoms with Crippen LogP contribution in [0.1, 0.15) is 24.2 Å². The number of carbonyl (C=O) groups is 3.